The molecule has 2 amide bonds. The Kier molecular flexibility index (Phi) is 5.67. The summed E-state index contributed by atoms with van der Waals surface area (Å²) in [5.74, 6) is -0.596. The van der Waals surface area contributed by atoms with Crippen molar-refractivity contribution in [3.05, 3.63) is 53.7 Å². The van der Waals surface area contributed by atoms with Crippen molar-refractivity contribution in [2.75, 3.05) is 29.9 Å². The van der Waals surface area contributed by atoms with Crippen molar-refractivity contribution in [2.24, 2.45) is 7.05 Å². The van der Waals surface area contributed by atoms with E-state index >= 15 is 0 Å². The Morgan fingerprint density at radius 1 is 1.22 bits per heavy atom. The Balaban J connectivity index is 1.19. The Labute approximate surface area is 190 Å². The lowest BCUT2D eigenvalue weighted by atomic mass is 10.1. The molecule has 0 aliphatic carbocycles. The lowest BCUT2D eigenvalue weighted by Gasteiger charge is -2.34. The molecule has 0 saturated carbocycles. The van der Waals surface area contributed by atoms with E-state index in [-0.39, 0.29) is 18.4 Å². The third-order valence-corrected chi connectivity index (χ3v) is 6.56. The third kappa shape index (κ3) is 4.53. The summed E-state index contributed by atoms with van der Waals surface area (Å²) in [6.45, 7) is 1.73. The van der Waals surface area contributed by atoms with Crippen molar-refractivity contribution in [3.63, 3.8) is 0 Å². The quantitative estimate of drug-likeness (QED) is 0.602. The second-order valence-electron chi connectivity index (χ2n) is 8.25. The number of rotatable bonds is 6. The molecule has 9 heteroatoms. The van der Waals surface area contributed by atoms with Crippen molar-refractivity contribution in [3.8, 4) is 11.3 Å². The van der Waals surface area contributed by atoms with Crippen LogP contribution in [0.3, 0.4) is 0 Å². The fraction of sp³-hybridized carbons (Fsp3) is 0.348. The Morgan fingerprint density at radius 2 is 2.03 bits per heavy atom. The van der Waals surface area contributed by atoms with Gasteiger partial charge >= 0.3 is 0 Å². The van der Waals surface area contributed by atoms with E-state index in [0.29, 0.717) is 22.9 Å². The Hall–Kier alpha value is -3.17. The standard InChI is InChI=1S/C23H25N5O3S/c1-27-8-7-16(11-27)22(30)24-10-21(29)26-23-25-20(14-32-23)15-3-2-4-17(9-15)28-12-18-5-6-19(13-28)31-18/h2-4,7-9,11,14,18-19H,5-6,10,12-13H2,1H3,(H,24,30)(H,25,26,29). The molecular formula is C23H25N5O3S. The average Bonchev–Trinajstić information content (AvgIpc) is 3.52. The van der Waals surface area contributed by atoms with Crippen LogP contribution in [-0.2, 0) is 16.6 Å². The number of nitrogens with one attached hydrogen (secondary N) is 2. The highest BCUT2D eigenvalue weighted by Crippen LogP contribution is 2.32. The molecule has 2 bridgehead atoms. The predicted molar refractivity (Wildman–Crippen MR) is 124 cm³/mol. The van der Waals surface area contributed by atoms with Gasteiger partial charge in [-0.25, -0.2) is 4.98 Å². The van der Waals surface area contributed by atoms with E-state index in [9.17, 15) is 9.59 Å². The van der Waals surface area contributed by atoms with Gasteiger partial charge in [0, 0.05) is 49.2 Å². The van der Waals surface area contributed by atoms with Crippen LogP contribution in [0.15, 0.2) is 48.1 Å². The maximum atomic E-state index is 12.2. The first-order valence-corrected chi connectivity index (χ1v) is 11.6. The molecule has 2 aliphatic heterocycles. The number of nitrogens with zero attached hydrogens (tertiary/aromatic N) is 3. The van der Waals surface area contributed by atoms with Crippen molar-refractivity contribution in [1.82, 2.24) is 14.9 Å². The highest BCUT2D eigenvalue weighted by atomic mass is 32.1. The number of ether oxygens (including phenoxy) is 1. The van der Waals surface area contributed by atoms with Crippen molar-refractivity contribution in [1.29, 1.82) is 0 Å². The number of morpholine rings is 1. The molecule has 32 heavy (non-hydrogen) atoms. The van der Waals surface area contributed by atoms with E-state index in [2.05, 4.69) is 32.7 Å². The second kappa shape index (κ2) is 8.76. The number of benzene rings is 1. The topological polar surface area (TPSA) is 88.5 Å². The molecule has 2 atom stereocenters. The Bertz CT molecular complexity index is 1130. The van der Waals surface area contributed by atoms with Gasteiger partial charge in [-0.2, -0.15) is 0 Å². The van der Waals surface area contributed by atoms with Crippen LogP contribution in [-0.4, -0.2) is 53.2 Å². The Morgan fingerprint density at radius 3 is 2.78 bits per heavy atom. The smallest absolute Gasteiger partial charge is 0.253 e. The van der Waals surface area contributed by atoms with E-state index < -0.39 is 0 Å². The van der Waals surface area contributed by atoms with Crippen LogP contribution in [0.25, 0.3) is 11.3 Å². The molecule has 2 saturated heterocycles. The van der Waals surface area contributed by atoms with Gasteiger partial charge in [0.15, 0.2) is 5.13 Å². The van der Waals surface area contributed by atoms with Crippen molar-refractivity contribution in [2.45, 2.75) is 25.0 Å². The summed E-state index contributed by atoms with van der Waals surface area (Å²) < 4.78 is 7.73. The lowest BCUT2D eigenvalue weighted by molar-refractivity contribution is -0.115. The summed E-state index contributed by atoms with van der Waals surface area (Å²) in [6, 6.07) is 10.0. The fourth-order valence-corrected chi connectivity index (χ4v) is 4.95. The zero-order valence-electron chi connectivity index (χ0n) is 17.8. The van der Waals surface area contributed by atoms with Crippen LogP contribution in [0, 0.1) is 0 Å². The molecule has 8 nitrogen and oxygen atoms in total. The van der Waals surface area contributed by atoms with Gasteiger partial charge < -0.3 is 24.8 Å². The molecule has 2 fully saturated rings. The fourth-order valence-electron chi connectivity index (χ4n) is 4.22. The third-order valence-electron chi connectivity index (χ3n) is 5.80. The monoisotopic (exact) mass is 451 g/mol. The first kappa shape index (κ1) is 20.7. The molecule has 5 rings (SSSR count). The average molecular weight is 452 g/mol. The number of anilines is 2. The highest BCUT2D eigenvalue weighted by Gasteiger charge is 2.33. The minimum atomic E-state index is -0.312. The van der Waals surface area contributed by atoms with Crippen LogP contribution in [0.4, 0.5) is 10.8 Å². The van der Waals surface area contributed by atoms with E-state index in [1.54, 1.807) is 23.0 Å². The molecule has 166 valence electrons. The number of thiazole rings is 1. The number of hydrogen-bond acceptors (Lipinski definition) is 6. The summed E-state index contributed by atoms with van der Waals surface area (Å²) in [5, 5.41) is 7.83. The largest absolute Gasteiger partial charge is 0.371 e. The van der Waals surface area contributed by atoms with Crippen molar-refractivity contribution >= 4 is 34.0 Å². The summed E-state index contributed by atoms with van der Waals surface area (Å²) in [7, 11) is 1.84. The van der Waals surface area contributed by atoms with Crippen LogP contribution < -0.4 is 15.5 Å². The molecule has 1 aromatic carbocycles. The molecule has 4 heterocycles. The highest BCUT2D eigenvalue weighted by molar-refractivity contribution is 7.14. The van der Waals surface area contributed by atoms with E-state index in [1.165, 1.54) is 17.0 Å². The molecule has 0 spiro atoms. The van der Waals surface area contributed by atoms with Crippen molar-refractivity contribution < 1.29 is 14.3 Å². The molecule has 2 aromatic heterocycles. The van der Waals surface area contributed by atoms with Gasteiger partial charge in [-0.1, -0.05) is 12.1 Å². The maximum Gasteiger partial charge on any atom is 0.253 e. The van der Waals surface area contributed by atoms with Gasteiger partial charge in [-0.3, -0.25) is 9.59 Å². The number of fused-ring (bicyclic) bond motifs is 2. The minimum Gasteiger partial charge on any atom is -0.371 e. The second-order valence-corrected chi connectivity index (χ2v) is 9.11. The van der Waals surface area contributed by atoms with Gasteiger partial charge in [0.25, 0.3) is 5.91 Å². The number of hydrogen-bond donors (Lipinski definition) is 2. The summed E-state index contributed by atoms with van der Waals surface area (Å²) in [6.07, 6.45) is 6.44. The van der Waals surface area contributed by atoms with Gasteiger partial charge in [-0.15, -0.1) is 11.3 Å². The molecule has 2 aliphatic rings. The summed E-state index contributed by atoms with van der Waals surface area (Å²) in [5.41, 5.74) is 3.52. The van der Waals surface area contributed by atoms with E-state index in [0.717, 1.165) is 37.2 Å². The normalized spacial score (nSPS) is 19.7. The number of aryl methyl sites for hydroxylation is 1. The zero-order chi connectivity index (χ0) is 22.1. The first-order chi connectivity index (χ1) is 15.5. The number of carbonyl (C=O) groups is 2. The minimum absolute atomic E-state index is 0.114. The molecule has 0 radical (unpaired) electrons. The number of aromatic nitrogens is 2. The zero-order valence-corrected chi connectivity index (χ0v) is 18.6. The van der Waals surface area contributed by atoms with Gasteiger partial charge in [0.2, 0.25) is 5.91 Å². The summed E-state index contributed by atoms with van der Waals surface area (Å²) >= 11 is 1.37. The van der Waals surface area contributed by atoms with Gasteiger partial charge in [-0.05, 0) is 31.0 Å². The predicted octanol–water partition coefficient (Wildman–Crippen LogP) is 2.88. The molecule has 2 N–H and O–H groups in total. The first-order valence-electron chi connectivity index (χ1n) is 10.7. The van der Waals surface area contributed by atoms with Crippen LogP contribution in [0.1, 0.15) is 23.2 Å². The molecule has 3 aromatic rings. The maximum absolute atomic E-state index is 12.2. The lowest BCUT2D eigenvalue weighted by Crippen LogP contribution is -2.42. The van der Waals surface area contributed by atoms with Crippen LogP contribution in [0.5, 0.6) is 0 Å². The van der Waals surface area contributed by atoms with Crippen LogP contribution >= 0.6 is 11.3 Å². The summed E-state index contributed by atoms with van der Waals surface area (Å²) in [4.78, 5) is 31.3. The number of carbonyl (C=O) groups excluding carboxylic acids is 2. The van der Waals surface area contributed by atoms with E-state index in [4.69, 9.17) is 4.74 Å². The molecular weight excluding hydrogens is 426 g/mol. The van der Waals surface area contributed by atoms with Crippen LogP contribution in [0.2, 0.25) is 0 Å². The molecule has 2 unspecified atom stereocenters. The SMILES string of the molecule is Cn1ccc(C(=O)NCC(=O)Nc2nc(-c3cccc(N4CC5CCC(C4)O5)c3)cs2)c1. The van der Waals surface area contributed by atoms with Gasteiger partial charge in [0.05, 0.1) is 30.0 Å². The van der Waals surface area contributed by atoms with Gasteiger partial charge in [0.1, 0.15) is 0 Å². The van der Waals surface area contributed by atoms with E-state index in [1.807, 2.05) is 24.6 Å². The number of amides is 2.